The summed E-state index contributed by atoms with van der Waals surface area (Å²) in [5.74, 6) is -1.89. The first-order chi connectivity index (χ1) is 11.7. The lowest BCUT2D eigenvalue weighted by molar-refractivity contribution is -0.300. The van der Waals surface area contributed by atoms with Gasteiger partial charge in [-0.05, 0) is 25.2 Å². The molecule has 3 aliphatic heterocycles. The molecular weight excluding hydrogens is 324 g/mol. The fourth-order valence-corrected chi connectivity index (χ4v) is 6.61. The molecule has 6 aliphatic rings. The highest BCUT2D eigenvalue weighted by Crippen LogP contribution is 2.70. The standard InChI is InChI=1S/C19H24O6/c1-7-4-8(2)14(21)12-17(23)25-18-6-9(3)16-15(22)10(18)5-11(13(7)20)19(12,18)24-16/h7-11,15-16,21-22H,4-6H2,1-3H3/b14-12-/t7-,8+,9+,10+,11+,15+,16+,18+,19-/m0/s1. The number of aliphatic hydroxyl groups excluding tert-OH is 2. The number of ether oxygens (including phenoxy) is 2. The first-order valence-corrected chi connectivity index (χ1v) is 9.31. The maximum atomic E-state index is 13.2. The predicted octanol–water partition coefficient (Wildman–Crippen LogP) is 1.51. The Balaban J connectivity index is 1.82. The van der Waals surface area contributed by atoms with Gasteiger partial charge in [-0.2, -0.15) is 0 Å². The lowest BCUT2D eigenvalue weighted by atomic mass is 9.59. The monoisotopic (exact) mass is 348 g/mol. The maximum Gasteiger partial charge on any atom is 0.341 e. The Labute approximate surface area is 146 Å². The molecule has 0 unspecified atom stereocenters. The van der Waals surface area contributed by atoms with Gasteiger partial charge in [-0.3, -0.25) is 4.79 Å². The molecule has 9 atom stereocenters. The molecule has 0 amide bonds. The van der Waals surface area contributed by atoms with E-state index in [1.807, 2.05) is 20.8 Å². The molecule has 3 saturated heterocycles. The Morgan fingerprint density at radius 2 is 1.84 bits per heavy atom. The van der Waals surface area contributed by atoms with Crippen LogP contribution >= 0.6 is 0 Å². The Bertz CT molecular complexity index is 727. The minimum Gasteiger partial charge on any atom is -0.511 e. The molecule has 3 aliphatic carbocycles. The van der Waals surface area contributed by atoms with Gasteiger partial charge in [-0.25, -0.2) is 4.79 Å². The zero-order valence-electron chi connectivity index (χ0n) is 14.7. The lowest BCUT2D eigenvalue weighted by Gasteiger charge is -2.58. The number of rotatable bonds is 0. The Kier molecular flexibility index (Phi) is 2.83. The first-order valence-electron chi connectivity index (χ1n) is 9.31. The smallest absolute Gasteiger partial charge is 0.341 e. The van der Waals surface area contributed by atoms with Crippen LogP contribution in [0.5, 0.6) is 0 Å². The molecule has 2 spiro atoms. The minimum absolute atomic E-state index is 0.00145. The predicted molar refractivity (Wildman–Crippen MR) is 85.4 cm³/mol. The topological polar surface area (TPSA) is 93.1 Å². The highest BCUT2D eigenvalue weighted by atomic mass is 16.6. The number of hydrogen-bond acceptors (Lipinski definition) is 6. The largest absolute Gasteiger partial charge is 0.511 e. The van der Waals surface area contributed by atoms with Gasteiger partial charge in [0.15, 0.2) is 11.2 Å². The van der Waals surface area contributed by atoms with E-state index in [2.05, 4.69) is 0 Å². The summed E-state index contributed by atoms with van der Waals surface area (Å²) < 4.78 is 12.3. The number of ketones is 1. The quantitative estimate of drug-likeness (QED) is 0.645. The lowest BCUT2D eigenvalue weighted by Crippen LogP contribution is -2.72. The van der Waals surface area contributed by atoms with Gasteiger partial charge < -0.3 is 19.7 Å². The summed E-state index contributed by atoms with van der Waals surface area (Å²) in [6.45, 7) is 5.68. The average molecular weight is 348 g/mol. The number of aliphatic hydroxyl groups is 2. The highest BCUT2D eigenvalue weighted by Gasteiger charge is 2.84. The van der Waals surface area contributed by atoms with E-state index in [1.54, 1.807) is 0 Å². The van der Waals surface area contributed by atoms with Crippen molar-refractivity contribution in [2.75, 3.05) is 0 Å². The summed E-state index contributed by atoms with van der Waals surface area (Å²) >= 11 is 0. The zero-order chi connectivity index (χ0) is 17.9. The number of fused-ring (bicyclic) bond motifs is 1. The van der Waals surface area contributed by atoms with Crippen LogP contribution in [-0.2, 0) is 19.1 Å². The highest BCUT2D eigenvalue weighted by molar-refractivity contribution is 5.99. The zero-order valence-corrected chi connectivity index (χ0v) is 14.7. The summed E-state index contributed by atoms with van der Waals surface area (Å²) in [5, 5.41) is 21.7. The fourth-order valence-electron chi connectivity index (χ4n) is 6.61. The Morgan fingerprint density at radius 3 is 2.56 bits per heavy atom. The molecular formula is C19H24O6. The van der Waals surface area contributed by atoms with Crippen molar-refractivity contribution in [1.29, 1.82) is 0 Å². The van der Waals surface area contributed by atoms with E-state index >= 15 is 0 Å². The Morgan fingerprint density at radius 1 is 1.12 bits per heavy atom. The maximum absolute atomic E-state index is 13.2. The fraction of sp³-hybridized carbons (Fsp3) is 0.789. The van der Waals surface area contributed by atoms with Gasteiger partial charge in [0, 0.05) is 17.8 Å². The molecule has 0 aromatic rings. The van der Waals surface area contributed by atoms with Gasteiger partial charge in [-0.1, -0.05) is 20.8 Å². The molecule has 6 nitrogen and oxygen atoms in total. The van der Waals surface area contributed by atoms with Gasteiger partial charge in [0.2, 0.25) is 0 Å². The summed E-state index contributed by atoms with van der Waals surface area (Å²) in [6, 6.07) is 0. The van der Waals surface area contributed by atoms with Crippen LogP contribution in [0.3, 0.4) is 0 Å². The molecule has 3 heterocycles. The van der Waals surface area contributed by atoms with Crippen LogP contribution in [-0.4, -0.2) is 45.4 Å². The molecule has 5 fully saturated rings. The first kappa shape index (κ1) is 15.8. The van der Waals surface area contributed by atoms with E-state index in [1.165, 1.54) is 0 Å². The van der Waals surface area contributed by atoms with Gasteiger partial charge in [0.25, 0.3) is 0 Å². The molecule has 0 aromatic heterocycles. The van der Waals surface area contributed by atoms with E-state index in [-0.39, 0.29) is 40.8 Å². The van der Waals surface area contributed by atoms with Crippen LogP contribution in [0.4, 0.5) is 0 Å². The van der Waals surface area contributed by atoms with Crippen molar-refractivity contribution in [3.63, 3.8) is 0 Å². The van der Waals surface area contributed by atoms with Gasteiger partial charge >= 0.3 is 5.97 Å². The third-order valence-electron chi connectivity index (χ3n) is 7.57. The number of Topliss-reactive ketones (excluding diaryl/α,β-unsaturated/α-hetero) is 1. The van der Waals surface area contributed by atoms with Crippen LogP contribution in [0.15, 0.2) is 11.3 Å². The third-order valence-corrected chi connectivity index (χ3v) is 7.57. The molecule has 2 N–H and O–H groups in total. The molecule has 2 saturated carbocycles. The van der Waals surface area contributed by atoms with Crippen molar-refractivity contribution >= 4 is 11.8 Å². The van der Waals surface area contributed by atoms with E-state index < -0.39 is 35.3 Å². The van der Waals surface area contributed by atoms with E-state index in [4.69, 9.17) is 9.47 Å². The summed E-state index contributed by atoms with van der Waals surface area (Å²) in [7, 11) is 0. The molecule has 6 heteroatoms. The number of allylic oxidation sites excluding steroid dienone is 1. The third kappa shape index (κ3) is 1.48. The molecule has 6 rings (SSSR count). The molecule has 0 radical (unpaired) electrons. The van der Waals surface area contributed by atoms with Gasteiger partial charge in [0.05, 0.1) is 18.1 Å². The van der Waals surface area contributed by atoms with Crippen LogP contribution in [0.25, 0.3) is 0 Å². The second kappa shape index (κ2) is 4.46. The number of carbonyl (C=O) groups is 2. The van der Waals surface area contributed by atoms with Crippen LogP contribution < -0.4 is 0 Å². The van der Waals surface area contributed by atoms with Crippen molar-refractivity contribution in [3.05, 3.63) is 11.3 Å². The van der Waals surface area contributed by atoms with Crippen molar-refractivity contribution in [1.82, 2.24) is 0 Å². The molecule has 25 heavy (non-hydrogen) atoms. The number of carbonyl (C=O) groups excluding carboxylic acids is 2. The van der Waals surface area contributed by atoms with Crippen molar-refractivity contribution in [2.45, 2.75) is 63.4 Å². The van der Waals surface area contributed by atoms with Crippen molar-refractivity contribution in [2.24, 2.45) is 29.6 Å². The van der Waals surface area contributed by atoms with Crippen molar-refractivity contribution in [3.8, 4) is 0 Å². The molecule has 4 bridgehead atoms. The number of hydrogen-bond donors (Lipinski definition) is 2. The second-order valence-electron chi connectivity index (χ2n) is 8.86. The van der Waals surface area contributed by atoms with E-state index in [0.717, 1.165) is 0 Å². The summed E-state index contributed by atoms with van der Waals surface area (Å²) in [4.78, 5) is 26.1. The average Bonchev–Trinajstić information content (AvgIpc) is 2.90. The van der Waals surface area contributed by atoms with E-state index in [9.17, 15) is 19.8 Å². The molecule has 0 aromatic carbocycles. The van der Waals surface area contributed by atoms with Crippen LogP contribution in [0.1, 0.15) is 40.0 Å². The normalized spacial score (nSPS) is 59.4. The summed E-state index contributed by atoms with van der Waals surface area (Å²) in [6.07, 6.45) is 0.318. The second-order valence-corrected chi connectivity index (χ2v) is 8.86. The Hall–Kier alpha value is -1.40. The number of esters is 1. The molecule has 136 valence electrons. The van der Waals surface area contributed by atoms with E-state index in [0.29, 0.717) is 19.3 Å². The SMILES string of the molecule is C[C@@H]1C[C@H](C)C(=O)[C@H]2C[C@@H]3[C@@H](O)[C@@H]4O[C@]25/C(=C/1O)C(=O)O[C@]35C[C@H]4C. The van der Waals surface area contributed by atoms with Gasteiger partial charge in [0.1, 0.15) is 17.1 Å². The minimum atomic E-state index is -1.23. The van der Waals surface area contributed by atoms with Gasteiger partial charge in [-0.15, -0.1) is 0 Å². The van der Waals surface area contributed by atoms with Crippen LogP contribution in [0.2, 0.25) is 0 Å². The van der Waals surface area contributed by atoms with Crippen LogP contribution in [0, 0.1) is 29.6 Å². The summed E-state index contributed by atoms with van der Waals surface area (Å²) in [5.41, 5.74) is -2.11. The van der Waals surface area contributed by atoms with Crippen molar-refractivity contribution < 1.29 is 29.3 Å².